The lowest BCUT2D eigenvalue weighted by Crippen LogP contribution is -2.19. The number of amidine groups is 1. The number of hydrogen-bond donors (Lipinski definition) is 3. The minimum atomic E-state index is -0.281. The second-order valence-electron chi connectivity index (χ2n) is 3.32. The van der Waals surface area contributed by atoms with Crippen molar-refractivity contribution in [1.82, 2.24) is 5.32 Å². The summed E-state index contributed by atoms with van der Waals surface area (Å²) in [5.74, 6) is -0.316. The summed E-state index contributed by atoms with van der Waals surface area (Å²) in [5, 5.41) is 29.5. The topological polar surface area (TPSA) is 94.3 Å². The van der Waals surface area contributed by atoms with Crippen LogP contribution in [0.15, 0.2) is 26.8 Å². The maximum Gasteiger partial charge on any atom is 0.236 e. The Morgan fingerprint density at radius 1 is 1.39 bits per heavy atom. The van der Waals surface area contributed by atoms with Gasteiger partial charge in [-0.1, -0.05) is 11.8 Å². The summed E-state index contributed by atoms with van der Waals surface area (Å²) in [4.78, 5) is 10.9. The average molecular weight is 330 g/mol. The number of amides is 1. The fourth-order valence-electron chi connectivity index (χ4n) is 1.20. The molecule has 0 aliphatic carbocycles. The first-order valence-corrected chi connectivity index (χ1v) is 6.60. The number of aromatic hydroxyl groups is 2. The summed E-state index contributed by atoms with van der Waals surface area (Å²) >= 11 is 4.33. The number of hydrogen-bond acceptors (Lipinski definition) is 6. The molecule has 0 spiro atoms. The van der Waals surface area contributed by atoms with E-state index in [1.807, 2.05) is 0 Å². The Hall–Kier alpha value is -1.54. The van der Waals surface area contributed by atoms with E-state index in [0.29, 0.717) is 21.0 Å². The standard InChI is InChI=1S/C10H8BrN3O3S/c11-6-2-1-5(8(16)9(6)17)3-12-14-10-13-7(15)4-18-10/h1-3,16-17H,4H2,(H,13,14,15). The van der Waals surface area contributed by atoms with Crippen LogP contribution >= 0.6 is 27.7 Å². The Bertz CT molecular complexity index is 560. The zero-order valence-corrected chi connectivity index (χ0v) is 11.3. The van der Waals surface area contributed by atoms with Crippen LogP contribution in [0.5, 0.6) is 11.5 Å². The number of thioether (sulfide) groups is 1. The molecule has 0 bridgehead atoms. The maximum atomic E-state index is 10.9. The van der Waals surface area contributed by atoms with Crippen LogP contribution < -0.4 is 5.32 Å². The molecule has 0 unspecified atom stereocenters. The monoisotopic (exact) mass is 329 g/mol. The molecular formula is C10H8BrN3O3S. The number of benzene rings is 1. The number of carbonyl (C=O) groups excluding carboxylic acids is 1. The summed E-state index contributed by atoms with van der Waals surface area (Å²) in [6.45, 7) is 0. The molecule has 94 valence electrons. The average Bonchev–Trinajstić information content (AvgIpc) is 2.75. The fourth-order valence-corrected chi connectivity index (χ4v) is 2.15. The molecule has 0 aromatic heterocycles. The van der Waals surface area contributed by atoms with Crippen molar-refractivity contribution in [3.63, 3.8) is 0 Å². The van der Waals surface area contributed by atoms with Crippen molar-refractivity contribution in [1.29, 1.82) is 0 Å². The first-order valence-electron chi connectivity index (χ1n) is 4.82. The molecule has 1 aliphatic heterocycles. The van der Waals surface area contributed by atoms with Gasteiger partial charge in [0.2, 0.25) is 5.91 Å². The molecule has 1 heterocycles. The largest absolute Gasteiger partial charge is 0.504 e. The number of rotatable bonds is 2. The highest BCUT2D eigenvalue weighted by atomic mass is 79.9. The van der Waals surface area contributed by atoms with Crippen LogP contribution in [0.2, 0.25) is 0 Å². The van der Waals surface area contributed by atoms with Crippen LogP contribution in [0.1, 0.15) is 5.56 Å². The third-order valence-corrected chi connectivity index (χ3v) is 3.57. The van der Waals surface area contributed by atoms with E-state index in [0.717, 1.165) is 0 Å². The maximum absolute atomic E-state index is 10.9. The van der Waals surface area contributed by atoms with E-state index < -0.39 is 0 Å². The van der Waals surface area contributed by atoms with Gasteiger partial charge in [-0.15, -0.1) is 5.10 Å². The lowest BCUT2D eigenvalue weighted by Gasteiger charge is -2.02. The molecule has 1 fully saturated rings. The Kier molecular flexibility index (Phi) is 3.87. The van der Waals surface area contributed by atoms with E-state index in [9.17, 15) is 15.0 Å². The summed E-state index contributed by atoms with van der Waals surface area (Å²) in [6, 6.07) is 3.15. The second-order valence-corrected chi connectivity index (χ2v) is 5.14. The smallest absolute Gasteiger partial charge is 0.236 e. The normalized spacial score (nSPS) is 17.6. The summed E-state index contributed by atoms with van der Waals surface area (Å²) in [5.41, 5.74) is 0.328. The van der Waals surface area contributed by atoms with Crippen molar-refractivity contribution >= 4 is 45.0 Å². The lowest BCUT2D eigenvalue weighted by molar-refractivity contribution is -0.116. The SMILES string of the molecule is O=C1CSC(=NN=Cc2ccc(Br)c(O)c2O)N1. The molecule has 0 atom stereocenters. The van der Waals surface area contributed by atoms with Gasteiger partial charge in [-0.3, -0.25) is 4.79 Å². The Balaban J connectivity index is 2.15. The van der Waals surface area contributed by atoms with Crippen LogP contribution in [0.3, 0.4) is 0 Å². The van der Waals surface area contributed by atoms with E-state index in [-0.39, 0.29) is 17.4 Å². The van der Waals surface area contributed by atoms with Crippen molar-refractivity contribution in [2.75, 3.05) is 5.75 Å². The predicted molar refractivity (Wildman–Crippen MR) is 73.1 cm³/mol. The van der Waals surface area contributed by atoms with Crippen molar-refractivity contribution in [2.45, 2.75) is 0 Å². The quantitative estimate of drug-likeness (QED) is 0.434. The van der Waals surface area contributed by atoms with E-state index in [1.165, 1.54) is 18.0 Å². The van der Waals surface area contributed by atoms with E-state index in [1.54, 1.807) is 12.1 Å². The molecule has 0 radical (unpaired) electrons. The Labute approximate surface area is 115 Å². The van der Waals surface area contributed by atoms with E-state index >= 15 is 0 Å². The highest BCUT2D eigenvalue weighted by molar-refractivity contribution is 9.10. The zero-order valence-electron chi connectivity index (χ0n) is 8.92. The molecular weight excluding hydrogens is 322 g/mol. The first-order chi connectivity index (χ1) is 8.58. The van der Waals surface area contributed by atoms with E-state index in [2.05, 4.69) is 31.4 Å². The van der Waals surface area contributed by atoms with E-state index in [4.69, 9.17) is 0 Å². The van der Waals surface area contributed by atoms with Gasteiger partial charge in [0.15, 0.2) is 16.7 Å². The van der Waals surface area contributed by atoms with Crippen LogP contribution in [-0.2, 0) is 4.79 Å². The van der Waals surface area contributed by atoms with Crippen LogP contribution in [-0.4, -0.2) is 33.3 Å². The number of nitrogens with zero attached hydrogens (tertiary/aromatic N) is 2. The minimum Gasteiger partial charge on any atom is -0.504 e. The second kappa shape index (κ2) is 5.40. The van der Waals surface area contributed by atoms with Crippen LogP contribution in [0.4, 0.5) is 0 Å². The summed E-state index contributed by atoms with van der Waals surface area (Å²) in [6.07, 6.45) is 1.29. The van der Waals surface area contributed by atoms with Crippen LogP contribution in [0.25, 0.3) is 0 Å². The molecule has 1 aromatic rings. The zero-order chi connectivity index (χ0) is 13.1. The molecule has 0 saturated carbocycles. The molecule has 1 amide bonds. The molecule has 1 saturated heterocycles. The van der Waals surface area contributed by atoms with Crippen molar-refractivity contribution in [3.8, 4) is 11.5 Å². The number of carbonyl (C=O) groups is 1. The highest BCUT2D eigenvalue weighted by Crippen LogP contribution is 2.35. The fraction of sp³-hybridized carbons (Fsp3) is 0.100. The van der Waals surface area contributed by atoms with Crippen LogP contribution in [0, 0.1) is 0 Å². The predicted octanol–water partition coefficient (Wildman–Crippen LogP) is 1.41. The van der Waals surface area contributed by atoms with Crippen molar-refractivity contribution in [3.05, 3.63) is 22.2 Å². The third kappa shape index (κ3) is 2.82. The lowest BCUT2D eigenvalue weighted by atomic mass is 10.2. The minimum absolute atomic E-state index is 0.113. The highest BCUT2D eigenvalue weighted by Gasteiger charge is 2.16. The molecule has 18 heavy (non-hydrogen) atoms. The van der Waals surface area contributed by atoms with Gasteiger partial charge in [-0.25, -0.2) is 0 Å². The van der Waals surface area contributed by atoms with Crippen molar-refractivity contribution < 1.29 is 15.0 Å². The van der Waals surface area contributed by atoms with Gasteiger partial charge in [0, 0.05) is 5.56 Å². The molecule has 1 aliphatic rings. The number of phenols is 2. The molecule has 1 aromatic carbocycles. The summed E-state index contributed by atoms with van der Waals surface area (Å²) < 4.78 is 0.391. The van der Waals surface area contributed by atoms with Gasteiger partial charge < -0.3 is 15.5 Å². The first kappa shape index (κ1) is 12.9. The molecule has 6 nitrogen and oxygen atoms in total. The molecule has 2 rings (SSSR count). The van der Waals surface area contributed by atoms with Crippen molar-refractivity contribution in [2.24, 2.45) is 10.2 Å². The number of phenolic OH excluding ortho intramolecular Hbond substituents is 2. The number of halogens is 1. The third-order valence-electron chi connectivity index (χ3n) is 2.06. The van der Waals surface area contributed by atoms with Gasteiger partial charge in [0.25, 0.3) is 0 Å². The Morgan fingerprint density at radius 2 is 2.17 bits per heavy atom. The molecule has 3 N–H and O–H groups in total. The Morgan fingerprint density at radius 3 is 2.83 bits per heavy atom. The van der Waals surface area contributed by atoms with Gasteiger partial charge in [-0.2, -0.15) is 5.10 Å². The van der Waals surface area contributed by atoms with Gasteiger partial charge in [0.05, 0.1) is 16.4 Å². The molecule has 8 heteroatoms. The van der Waals surface area contributed by atoms with Gasteiger partial charge in [0.1, 0.15) is 0 Å². The van der Waals surface area contributed by atoms with Gasteiger partial charge in [-0.05, 0) is 28.1 Å². The van der Waals surface area contributed by atoms with Gasteiger partial charge >= 0.3 is 0 Å². The number of nitrogens with one attached hydrogen (secondary N) is 1. The summed E-state index contributed by atoms with van der Waals surface area (Å²) in [7, 11) is 0.